The van der Waals surface area contributed by atoms with Crippen LogP contribution in [0.3, 0.4) is 0 Å². The van der Waals surface area contributed by atoms with Crippen LogP contribution in [0.25, 0.3) is 0 Å². The van der Waals surface area contributed by atoms with E-state index in [9.17, 15) is 0 Å². The van der Waals surface area contributed by atoms with Gasteiger partial charge in [-0.2, -0.15) is 0 Å². The van der Waals surface area contributed by atoms with Crippen LogP contribution < -0.4 is 5.32 Å². The number of aliphatic hydroxyl groups is 1. The van der Waals surface area contributed by atoms with Crippen LogP contribution in [0.15, 0.2) is 0 Å². The first kappa shape index (κ1) is 12.0. The van der Waals surface area contributed by atoms with Gasteiger partial charge in [-0.15, -0.1) is 0 Å². The fraction of sp³-hybridized carbons (Fsp3) is 1.00. The van der Waals surface area contributed by atoms with Crippen LogP contribution in [0.5, 0.6) is 0 Å². The zero-order valence-corrected chi connectivity index (χ0v) is 9.63. The van der Waals surface area contributed by atoms with Gasteiger partial charge < -0.3 is 10.4 Å². The molecule has 0 radical (unpaired) electrons. The van der Waals surface area contributed by atoms with E-state index in [1.54, 1.807) is 0 Å². The van der Waals surface area contributed by atoms with E-state index in [4.69, 9.17) is 5.11 Å². The average Bonchev–Trinajstić information content (AvgIpc) is 2.18. The summed E-state index contributed by atoms with van der Waals surface area (Å²) in [6.45, 7) is 5.13. The van der Waals surface area contributed by atoms with Crippen LogP contribution in [0.2, 0.25) is 0 Å². The molecule has 0 aromatic heterocycles. The molecule has 1 saturated carbocycles. The fourth-order valence-electron chi connectivity index (χ4n) is 2.27. The minimum Gasteiger partial charge on any atom is -0.393 e. The van der Waals surface area contributed by atoms with Crippen molar-refractivity contribution >= 4 is 0 Å². The maximum Gasteiger partial charge on any atom is 0.0524 e. The molecular weight excluding hydrogens is 174 g/mol. The second-order valence-electron chi connectivity index (χ2n) is 4.72. The van der Waals surface area contributed by atoms with Crippen molar-refractivity contribution in [2.24, 2.45) is 5.92 Å². The quantitative estimate of drug-likeness (QED) is 0.712. The maximum atomic E-state index is 9.12. The van der Waals surface area contributed by atoms with Crippen molar-refractivity contribution < 1.29 is 5.11 Å². The van der Waals surface area contributed by atoms with Gasteiger partial charge >= 0.3 is 0 Å². The Bertz CT molecular complexity index is 139. The van der Waals surface area contributed by atoms with Gasteiger partial charge in [-0.05, 0) is 51.5 Å². The van der Waals surface area contributed by atoms with Gasteiger partial charge in [0.2, 0.25) is 0 Å². The molecule has 0 saturated heterocycles. The second-order valence-corrected chi connectivity index (χ2v) is 4.72. The monoisotopic (exact) mass is 199 g/mol. The van der Waals surface area contributed by atoms with Gasteiger partial charge in [-0.25, -0.2) is 0 Å². The van der Waals surface area contributed by atoms with Crippen LogP contribution in [-0.2, 0) is 0 Å². The van der Waals surface area contributed by atoms with E-state index in [1.165, 1.54) is 32.1 Å². The smallest absolute Gasteiger partial charge is 0.0524 e. The first-order chi connectivity index (χ1) is 6.72. The standard InChI is InChI=1S/C12H25NO/c1-3-11-4-6-12(7-5-11)13-9-8-10(2)14/h10-14H,3-9H2,1-2H3. The lowest BCUT2D eigenvalue weighted by Gasteiger charge is -2.28. The van der Waals surface area contributed by atoms with Gasteiger partial charge in [-0.3, -0.25) is 0 Å². The van der Waals surface area contributed by atoms with Crippen LogP contribution in [0.1, 0.15) is 52.4 Å². The molecule has 14 heavy (non-hydrogen) atoms. The topological polar surface area (TPSA) is 32.3 Å². The van der Waals surface area contributed by atoms with Gasteiger partial charge in [0.05, 0.1) is 6.10 Å². The van der Waals surface area contributed by atoms with E-state index in [2.05, 4.69) is 12.2 Å². The number of hydrogen-bond donors (Lipinski definition) is 2. The summed E-state index contributed by atoms with van der Waals surface area (Å²) >= 11 is 0. The van der Waals surface area contributed by atoms with E-state index >= 15 is 0 Å². The third-order valence-corrected chi connectivity index (χ3v) is 3.42. The molecule has 0 amide bonds. The Labute approximate surface area is 88.1 Å². The molecule has 84 valence electrons. The molecule has 1 aliphatic carbocycles. The van der Waals surface area contributed by atoms with Crippen molar-refractivity contribution in [1.29, 1.82) is 0 Å². The largest absolute Gasteiger partial charge is 0.393 e. The number of hydrogen-bond acceptors (Lipinski definition) is 2. The predicted octanol–water partition coefficient (Wildman–Crippen LogP) is 2.32. The minimum atomic E-state index is -0.158. The van der Waals surface area contributed by atoms with E-state index in [1.807, 2.05) is 6.92 Å². The van der Waals surface area contributed by atoms with Gasteiger partial charge in [0.25, 0.3) is 0 Å². The molecule has 0 aliphatic heterocycles. The van der Waals surface area contributed by atoms with Crippen LogP contribution >= 0.6 is 0 Å². The number of aliphatic hydroxyl groups excluding tert-OH is 1. The van der Waals surface area contributed by atoms with Crippen molar-refractivity contribution in [3.05, 3.63) is 0 Å². The highest BCUT2D eigenvalue weighted by atomic mass is 16.3. The molecule has 0 aromatic carbocycles. The highest BCUT2D eigenvalue weighted by Crippen LogP contribution is 2.26. The van der Waals surface area contributed by atoms with Crippen molar-refractivity contribution in [3.63, 3.8) is 0 Å². The lowest BCUT2D eigenvalue weighted by molar-refractivity contribution is 0.179. The summed E-state index contributed by atoms with van der Waals surface area (Å²) in [6, 6.07) is 0.719. The molecule has 1 fully saturated rings. The molecule has 0 spiro atoms. The normalized spacial score (nSPS) is 30.2. The summed E-state index contributed by atoms with van der Waals surface area (Å²) in [5, 5.41) is 12.7. The fourth-order valence-corrected chi connectivity index (χ4v) is 2.27. The molecule has 0 aromatic rings. The van der Waals surface area contributed by atoms with Crippen molar-refractivity contribution in [2.75, 3.05) is 6.54 Å². The Balaban J connectivity index is 2.04. The number of nitrogens with one attached hydrogen (secondary N) is 1. The summed E-state index contributed by atoms with van der Waals surface area (Å²) in [5.74, 6) is 0.977. The van der Waals surface area contributed by atoms with E-state index in [0.717, 1.165) is 24.9 Å². The van der Waals surface area contributed by atoms with Gasteiger partial charge in [-0.1, -0.05) is 13.3 Å². The Hall–Kier alpha value is -0.0800. The zero-order chi connectivity index (χ0) is 10.4. The lowest BCUT2D eigenvalue weighted by atomic mass is 9.84. The lowest BCUT2D eigenvalue weighted by Crippen LogP contribution is -2.34. The van der Waals surface area contributed by atoms with Gasteiger partial charge in [0.1, 0.15) is 0 Å². The summed E-state index contributed by atoms with van der Waals surface area (Å²) in [7, 11) is 0. The summed E-state index contributed by atoms with van der Waals surface area (Å²) in [5.41, 5.74) is 0. The molecule has 0 bridgehead atoms. The van der Waals surface area contributed by atoms with Gasteiger partial charge in [0, 0.05) is 6.04 Å². The van der Waals surface area contributed by atoms with E-state index in [-0.39, 0.29) is 6.10 Å². The molecular formula is C12H25NO. The molecule has 2 heteroatoms. The minimum absolute atomic E-state index is 0.158. The SMILES string of the molecule is CCC1CCC(NCCC(C)O)CC1. The maximum absolute atomic E-state index is 9.12. The summed E-state index contributed by atoms with van der Waals surface area (Å²) in [6.07, 6.45) is 7.52. The molecule has 0 heterocycles. The molecule has 1 rings (SSSR count). The summed E-state index contributed by atoms with van der Waals surface area (Å²) in [4.78, 5) is 0. The first-order valence-corrected chi connectivity index (χ1v) is 6.13. The third-order valence-electron chi connectivity index (χ3n) is 3.42. The molecule has 1 unspecified atom stereocenters. The number of rotatable bonds is 5. The second kappa shape index (κ2) is 6.41. The highest BCUT2D eigenvalue weighted by molar-refractivity contribution is 4.76. The van der Waals surface area contributed by atoms with Crippen LogP contribution in [-0.4, -0.2) is 23.8 Å². The summed E-state index contributed by atoms with van der Waals surface area (Å²) < 4.78 is 0. The zero-order valence-electron chi connectivity index (χ0n) is 9.63. The molecule has 1 atom stereocenters. The Morgan fingerprint density at radius 2 is 1.93 bits per heavy atom. The first-order valence-electron chi connectivity index (χ1n) is 6.13. The Morgan fingerprint density at radius 1 is 1.29 bits per heavy atom. The van der Waals surface area contributed by atoms with Crippen LogP contribution in [0, 0.1) is 5.92 Å². The van der Waals surface area contributed by atoms with Gasteiger partial charge in [0.15, 0.2) is 0 Å². The predicted molar refractivity (Wildman–Crippen MR) is 60.3 cm³/mol. The molecule has 1 aliphatic rings. The van der Waals surface area contributed by atoms with Crippen molar-refractivity contribution in [2.45, 2.75) is 64.5 Å². The van der Waals surface area contributed by atoms with E-state index < -0.39 is 0 Å². The Morgan fingerprint density at radius 3 is 2.43 bits per heavy atom. The Kier molecular flexibility index (Phi) is 5.49. The van der Waals surface area contributed by atoms with Crippen molar-refractivity contribution in [1.82, 2.24) is 5.32 Å². The van der Waals surface area contributed by atoms with E-state index in [0.29, 0.717) is 0 Å². The molecule has 2 N–H and O–H groups in total. The highest BCUT2D eigenvalue weighted by Gasteiger charge is 2.18. The van der Waals surface area contributed by atoms with Crippen LogP contribution in [0.4, 0.5) is 0 Å². The average molecular weight is 199 g/mol. The van der Waals surface area contributed by atoms with Crippen molar-refractivity contribution in [3.8, 4) is 0 Å². The third kappa shape index (κ3) is 4.43. The molecule has 2 nitrogen and oxygen atoms in total.